The Morgan fingerprint density at radius 1 is 1.47 bits per heavy atom. The zero-order valence-corrected chi connectivity index (χ0v) is 12.6. The van der Waals surface area contributed by atoms with E-state index in [9.17, 15) is 13.2 Å². The van der Waals surface area contributed by atoms with Crippen molar-refractivity contribution in [3.05, 3.63) is 0 Å². The molecule has 0 aromatic carbocycles. The number of nitrogens with zero attached hydrogens (tertiary/aromatic N) is 2. The van der Waals surface area contributed by atoms with Crippen molar-refractivity contribution in [2.24, 2.45) is 0 Å². The summed E-state index contributed by atoms with van der Waals surface area (Å²) in [4.78, 5) is 15.3. The number of hydrogen-bond donors (Lipinski definition) is 2. The Bertz CT molecular complexity index is 373. The molecule has 1 amide bonds. The zero-order chi connectivity index (χ0) is 15.1. The van der Waals surface area contributed by atoms with Crippen LogP contribution in [0.1, 0.15) is 13.8 Å². The Kier molecular flexibility index (Phi) is 8.11. The maximum atomic E-state index is 10.6. The molecule has 8 nitrogen and oxygen atoms in total. The van der Waals surface area contributed by atoms with Gasteiger partial charge >= 0.3 is 10.4 Å². The van der Waals surface area contributed by atoms with Crippen LogP contribution >= 0.6 is 0 Å². The molecule has 19 heavy (non-hydrogen) atoms. The zero-order valence-electron chi connectivity index (χ0n) is 11.8. The minimum absolute atomic E-state index is 0.0557. The van der Waals surface area contributed by atoms with E-state index in [0.717, 1.165) is 33.3 Å². The summed E-state index contributed by atoms with van der Waals surface area (Å²) < 4.78 is 29.7. The summed E-state index contributed by atoms with van der Waals surface area (Å²) in [5.41, 5.74) is 0. The molecule has 0 saturated carbocycles. The lowest BCUT2D eigenvalue weighted by atomic mass is 10.4. The molecule has 0 spiro atoms. The first-order chi connectivity index (χ1) is 8.67. The van der Waals surface area contributed by atoms with Crippen LogP contribution in [0, 0.1) is 0 Å². The first-order valence-electron chi connectivity index (χ1n) is 5.89. The van der Waals surface area contributed by atoms with E-state index in [2.05, 4.69) is 33.3 Å². The lowest BCUT2D eigenvalue weighted by Gasteiger charge is -2.23. The highest BCUT2D eigenvalue weighted by Gasteiger charge is 2.24. The van der Waals surface area contributed by atoms with Gasteiger partial charge in [0.25, 0.3) is 0 Å². The van der Waals surface area contributed by atoms with Crippen molar-refractivity contribution in [3.8, 4) is 0 Å². The number of nitrogens with one attached hydrogen (secondary N) is 1. The van der Waals surface area contributed by atoms with Crippen molar-refractivity contribution in [3.63, 3.8) is 0 Å². The number of hydrogen-bond acceptors (Lipinski definition) is 6. The molecular formula is C10H23N3O5S. The maximum Gasteiger partial charge on any atom is 0.397 e. The Morgan fingerprint density at radius 2 is 2.00 bits per heavy atom. The van der Waals surface area contributed by atoms with Gasteiger partial charge in [0.05, 0.1) is 13.3 Å². The second-order valence-corrected chi connectivity index (χ2v) is 5.41. The van der Waals surface area contributed by atoms with Crippen LogP contribution in [0.4, 0.5) is 0 Å². The Morgan fingerprint density at radius 3 is 2.32 bits per heavy atom. The molecule has 1 atom stereocenters. The van der Waals surface area contributed by atoms with Gasteiger partial charge in [0.1, 0.15) is 0 Å². The van der Waals surface area contributed by atoms with E-state index in [1.54, 1.807) is 6.92 Å². The minimum Gasteiger partial charge on any atom is -0.355 e. The molecule has 0 radical (unpaired) electrons. The van der Waals surface area contributed by atoms with Crippen LogP contribution in [0.2, 0.25) is 0 Å². The van der Waals surface area contributed by atoms with Crippen LogP contribution < -0.4 is 5.32 Å². The number of carbonyl (C=O) groups is 1. The van der Waals surface area contributed by atoms with Gasteiger partial charge in [0, 0.05) is 33.1 Å². The minimum atomic E-state index is -4.16. The van der Waals surface area contributed by atoms with Crippen molar-refractivity contribution in [2.75, 3.05) is 40.3 Å². The van der Waals surface area contributed by atoms with Gasteiger partial charge in [-0.25, -0.2) is 0 Å². The summed E-state index contributed by atoms with van der Waals surface area (Å²) in [5.74, 6) is 0.0557. The third kappa shape index (κ3) is 8.89. The Balaban J connectivity index is 0.000000459. The van der Waals surface area contributed by atoms with Gasteiger partial charge in [-0.15, -0.1) is 0 Å². The molecule has 0 aromatic rings. The fraction of sp³-hybridized carbons (Fsp3) is 0.900. The van der Waals surface area contributed by atoms with Gasteiger partial charge in [-0.3, -0.25) is 23.3 Å². The van der Waals surface area contributed by atoms with E-state index in [0.29, 0.717) is 6.17 Å². The molecular weight excluding hydrogens is 274 g/mol. The topological polar surface area (TPSA) is 99.2 Å². The largest absolute Gasteiger partial charge is 0.397 e. The molecule has 1 aliphatic heterocycles. The molecule has 0 aliphatic carbocycles. The van der Waals surface area contributed by atoms with Crippen LogP contribution in [-0.2, 0) is 19.4 Å². The van der Waals surface area contributed by atoms with Gasteiger partial charge in [-0.05, 0) is 14.0 Å². The second-order valence-electron chi connectivity index (χ2n) is 4.23. The van der Waals surface area contributed by atoms with Crippen LogP contribution in [0.5, 0.6) is 0 Å². The summed E-state index contributed by atoms with van der Waals surface area (Å²) >= 11 is 0. The number of rotatable bonds is 4. The van der Waals surface area contributed by atoms with Crippen LogP contribution in [0.3, 0.4) is 0 Å². The highest BCUT2D eigenvalue weighted by molar-refractivity contribution is 7.80. The summed E-state index contributed by atoms with van der Waals surface area (Å²) in [6.45, 7) is 7.69. The third-order valence-electron chi connectivity index (χ3n) is 2.89. The molecule has 114 valence electrons. The molecule has 0 bridgehead atoms. The predicted octanol–water partition coefficient (Wildman–Crippen LogP) is -0.848. The quantitative estimate of drug-likeness (QED) is 0.652. The van der Waals surface area contributed by atoms with Crippen molar-refractivity contribution >= 4 is 16.3 Å². The fourth-order valence-electron chi connectivity index (χ4n) is 1.61. The van der Waals surface area contributed by atoms with E-state index >= 15 is 0 Å². The number of amides is 1. The van der Waals surface area contributed by atoms with Crippen molar-refractivity contribution < 1.29 is 21.9 Å². The van der Waals surface area contributed by atoms with Gasteiger partial charge in [0.15, 0.2) is 0 Å². The third-order valence-corrected chi connectivity index (χ3v) is 3.31. The van der Waals surface area contributed by atoms with Crippen molar-refractivity contribution in [1.29, 1.82) is 0 Å². The first-order valence-corrected chi connectivity index (χ1v) is 7.25. The van der Waals surface area contributed by atoms with E-state index in [-0.39, 0.29) is 5.91 Å². The summed E-state index contributed by atoms with van der Waals surface area (Å²) in [6, 6.07) is 0. The molecule has 1 rings (SSSR count). The highest BCUT2D eigenvalue weighted by atomic mass is 32.3. The van der Waals surface area contributed by atoms with Gasteiger partial charge in [0.2, 0.25) is 5.91 Å². The number of likely N-dealkylation sites (N-methyl/N-ethyl adjacent to an activating group) is 1. The lowest BCUT2D eigenvalue weighted by molar-refractivity contribution is -0.119. The molecule has 0 aromatic heterocycles. The Labute approximate surface area is 114 Å². The Hall–Kier alpha value is -0.740. The summed E-state index contributed by atoms with van der Waals surface area (Å²) in [5, 5.41) is 2.81. The number of carbonyl (C=O) groups excluding carboxylic acids is 1. The van der Waals surface area contributed by atoms with Crippen molar-refractivity contribution in [2.45, 2.75) is 20.0 Å². The molecule has 1 saturated heterocycles. The summed E-state index contributed by atoms with van der Waals surface area (Å²) in [6.07, 6.45) is 0.508. The highest BCUT2D eigenvalue weighted by Crippen LogP contribution is 2.09. The average molecular weight is 297 g/mol. The normalized spacial score (nSPS) is 20.8. The van der Waals surface area contributed by atoms with Crippen molar-refractivity contribution in [1.82, 2.24) is 15.1 Å². The fourth-order valence-corrected chi connectivity index (χ4v) is 1.61. The maximum absolute atomic E-state index is 10.6. The van der Waals surface area contributed by atoms with E-state index < -0.39 is 10.4 Å². The molecule has 2 N–H and O–H groups in total. The van der Waals surface area contributed by atoms with Crippen LogP contribution in [0.25, 0.3) is 0 Å². The molecule has 9 heteroatoms. The molecule has 1 unspecified atom stereocenters. The average Bonchev–Trinajstić information content (AvgIpc) is 2.60. The van der Waals surface area contributed by atoms with E-state index in [1.165, 1.54) is 0 Å². The van der Waals surface area contributed by atoms with Gasteiger partial charge in [-0.2, -0.15) is 8.42 Å². The first kappa shape index (κ1) is 18.3. The summed E-state index contributed by atoms with van der Waals surface area (Å²) in [7, 11) is -1.16. The standard InChI is InChI=1S/C9H19N3O.CH4O4S/c1-8(13)10-4-5-12-7-6-11(3)9(12)2;1-5-6(2,3)4/h9H,4-7H2,1-3H3,(H,10,13);1H3,(H,2,3,4). The second kappa shape index (κ2) is 8.43. The van der Waals surface area contributed by atoms with E-state index in [4.69, 9.17) is 4.55 Å². The lowest BCUT2D eigenvalue weighted by Crippen LogP contribution is -2.39. The monoisotopic (exact) mass is 297 g/mol. The molecule has 1 aliphatic rings. The SMILES string of the molecule is CC(=O)NCCN1CCN(C)C1C.COS(=O)(=O)O. The molecule has 1 heterocycles. The predicted molar refractivity (Wildman–Crippen MR) is 70.9 cm³/mol. The van der Waals surface area contributed by atoms with Gasteiger partial charge in [-0.1, -0.05) is 0 Å². The van der Waals surface area contributed by atoms with E-state index in [1.807, 2.05) is 0 Å². The van der Waals surface area contributed by atoms with Crippen LogP contribution in [-0.4, -0.2) is 75.2 Å². The van der Waals surface area contributed by atoms with Crippen LogP contribution in [0.15, 0.2) is 0 Å². The smallest absolute Gasteiger partial charge is 0.355 e. The van der Waals surface area contributed by atoms with Gasteiger partial charge < -0.3 is 5.32 Å². The molecule has 1 fully saturated rings.